The fourth-order valence-electron chi connectivity index (χ4n) is 2.08. The van der Waals surface area contributed by atoms with Gasteiger partial charge in [-0.1, -0.05) is 69.3 Å². The van der Waals surface area contributed by atoms with Crippen molar-refractivity contribution < 1.29 is 18.3 Å². The Hall–Kier alpha value is -1.81. The molecule has 4 heteroatoms. The number of benzene rings is 2. The zero-order valence-corrected chi connectivity index (χ0v) is 13.9. The molecule has 0 aromatic heterocycles. The van der Waals surface area contributed by atoms with Gasteiger partial charge in [0, 0.05) is 0 Å². The van der Waals surface area contributed by atoms with Crippen LogP contribution in [0.2, 0.25) is 0 Å². The van der Waals surface area contributed by atoms with E-state index < -0.39 is 11.8 Å². The van der Waals surface area contributed by atoms with Crippen molar-refractivity contribution >= 4 is 0 Å². The van der Waals surface area contributed by atoms with E-state index in [4.69, 9.17) is 0 Å². The summed E-state index contributed by atoms with van der Waals surface area (Å²) in [6.45, 7) is 6.82. The minimum Gasteiger partial charge on any atom is -0.376 e. The molecule has 1 unspecified atom stereocenters. The van der Waals surface area contributed by atoms with Gasteiger partial charge in [-0.25, -0.2) is 0 Å². The van der Waals surface area contributed by atoms with Crippen molar-refractivity contribution in [2.45, 2.75) is 45.9 Å². The molecule has 2 rings (SSSR count). The molecule has 0 amide bonds. The van der Waals surface area contributed by atoms with Crippen LogP contribution >= 0.6 is 0 Å². The lowest BCUT2D eigenvalue weighted by molar-refractivity contribution is -0.258. The molecule has 126 valence electrons. The van der Waals surface area contributed by atoms with E-state index in [0.717, 1.165) is 24.5 Å². The Morgan fingerprint density at radius 1 is 0.826 bits per heavy atom. The molecule has 1 atom stereocenters. The molecule has 2 aromatic rings. The minimum absolute atomic E-state index is 0.163. The molecule has 0 bridgehead atoms. The first kappa shape index (κ1) is 19.2. The van der Waals surface area contributed by atoms with Crippen LogP contribution in [0.15, 0.2) is 48.5 Å². The van der Waals surface area contributed by atoms with Crippen molar-refractivity contribution in [3.8, 4) is 11.1 Å². The van der Waals surface area contributed by atoms with E-state index in [1.54, 1.807) is 12.1 Å². The molecule has 0 aliphatic carbocycles. The largest absolute Gasteiger partial charge is 0.421 e. The van der Waals surface area contributed by atoms with Crippen LogP contribution in [0.1, 0.15) is 38.8 Å². The number of hydrogen-bond donors (Lipinski definition) is 1. The van der Waals surface area contributed by atoms with Gasteiger partial charge in [0.25, 0.3) is 0 Å². The van der Waals surface area contributed by atoms with Gasteiger partial charge in [0.05, 0.1) is 0 Å². The summed E-state index contributed by atoms with van der Waals surface area (Å²) in [6.07, 6.45) is -3.76. The van der Waals surface area contributed by atoms with Gasteiger partial charge in [0.1, 0.15) is 0 Å². The van der Waals surface area contributed by atoms with Crippen LogP contribution in [0.4, 0.5) is 13.2 Å². The van der Waals surface area contributed by atoms with Crippen LogP contribution in [0.5, 0.6) is 0 Å². The maximum atomic E-state index is 12.8. The van der Waals surface area contributed by atoms with Crippen LogP contribution in [-0.4, -0.2) is 11.3 Å². The third-order valence-corrected chi connectivity index (χ3v) is 3.69. The quantitative estimate of drug-likeness (QED) is 0.766. The van der Waals surface area contributed by atoms with Crippen LogP contribution < -0.4 is 0 Å². The standard InChI is InChI=1S/C17H17F3O.C2H6/c1-3-12-4-6-13(7-5-12)14-8-10-15(11-9-14)16(2,21)17(18,19)20;1-2/h4-11,21H,3H2,1-2H3;1-2H3. The van der Waals surface area contributed by atoms with E-state index in [9.17, 15) is 18.3 Å². The molecule has 0 saturated heterocycles. The lowest BCUT2D eigenvalue weighted by Gasteiger charge is -2.26. The number of alkyl halides is 3. The third-order valence-electron chi connectivity index (χ3n) is 3.69. The van der Waals surface area contributed by atoms with Crippen molar-refractivity contribution in [1.82, 2.24) is 0 Å². The highest BCUT2D eigenvalue weighted by Gasteiger charge is 2.51. The molecular formula is C19H23F3O. The normalized spacial score (nSPS) is 13.7. The monoisotopic (exact) mass is 324 g/mol. The molecule has 0 heterocycles. The van der Waals surface area contributed by atoms with Gasteiger partial charge in [-0.2, -0.15) is 13.2 Å². The summed E-state index contributed by atoms with van der Waals surface area (Å²) in [7, 11) is 0. The summed E-state index contributed by atoms with van der Waals surface area (Å²) < 4.78 is 38.3. The lowest BCUT2D eigenvalue weighted by atomic mass is 9.93. The van der Waals surface area contributed by atoms with E-state index in [0.29, 0.717) is 0 Å². The van der Waals surface area contributed by atoms with Gasteiger partial charge in [0.2, 0.25) is 0 Å². The van der Waals surface area contributed by atoms with Crippen molar-refractivity contribution in [3.05, 3.63) is 59.7 Å². The van der Waals surface area contributed by atoms with Crippen LogP contribution in [-0.2, 0) is 12.0 Å². The van der Waals surface area contributed by atoms with Crippen LogP contribution in [0.3, 0.4) is 0 Å². The predicted octanol–water partition coefficient (Wildman–Crippen LogP) is 5.71. The number of hydrogen-bond acceptors (Lipinski definition) is 1. The number of halogens is 3. The Kier molecular flexibility index (Phi) is 6.39. The highest BCUT2D eigenvalue weighted by Crippen LogP contribution is 2.38. The number of aliphatic hydroxyl groups is 1. The van der Waals surface area contributed by atoms with Crippen LogP contribution in [0, 0.1) is 0 Å². The second-order valence-corrected chi connectivity index (χ2v) is 5.20. The van der Waals surface area contributed by atoms with E-state index in [-0.39, 0.29) is 5.56 Å². The maximum absolute atomic E-state index is 12.8. The minimum atomic E-state index is -4.70. The SMILES string of the molecule is CC.CCc1ccc(-c2ccc(C(C)(O)C(F)(F)F)cc2)cc1. The Morgan fingerprint density at radius 3 is 1.57 bits per heavy atom. The highest BCUT2D eigenvalue weighted by atomic mass is 19.4. The molecule has 1 N–H and O–H groups in total. The van der Waals surface area contributed by atoms with Crippen molar-refractivity contribution in [3.63, 3.8) is 0 Å². The molecule has 0 aliphatic rings. The first-order valence-corrected chi connectivity index (χ1v) is 7.74. The topological polar surface area (TPSA) is 20.2 Å². The lowest BCUT2D eigenvalue weighted by Crippen LogP contribution is -2.39. The van der Waals surface area contributed by atoms with E-state index in [1.807, 2.05) is 38.1 Å². The van der Waals surface area contributed by atoms with Gasteiger partial charge in [-0.05, 0) is 35.6 Å². The molecule has 0 aliphatic heterocycles. The molecule has 23 heavy (non-hydrogen) atoms. The van der Waals surface area contributed by atoms with Gasteiger partial charge in [-0.15, -0.1) is 0 Å². The molecule has 2 aromatic carbocycles. The van der Waals surface area contributed by atoms with E-state index in [1.165, 1.54) is 17.7 Å². The second-order valence-electron chi connectivity index (χ2n) is 5.20. The molecule has 0 fully saturated rings. The van der Waals surface area contributed by atoms with Crippen molar-refractivity contribution in [1.29, 1.82) is 0 Å². The van der Waals surface area contributed by atoms with Gasteiger partial charge < -0.3 is 5.11 Å². The Bertz CT molecular complexity index is 596. The molecule has 1 nitrogen and oxygen atoms in total. The van der Waals surface area contributed by atoms with Gasteiger partial charge in [0.15, 0.2) is 5.60 Å². The predicted molar refractivity (Wildman–Crippen MR) is 88.2 cm³/mol. The zero-order chi connectivity index (χ0) is 17.7. The molecule has 0 saturated carbocycles. The smallest absolute Gasteiger partial charge is 0.376 e. The Labute approximate surface area is 135 Å². The maximum Gasteiger partial charge on any atom is 0.421 e. The second kappa shape index (κ2) is 7.64. The zero-order valence-electron chi connectivity index (χ0n) is 13.9. The van der Waals surface area contributed by atoms with Crippen molar-refractivity contribution in [2.75, 3.05) is 0 Å². The third kappa shape index (κ3) is 4.35. The van der Waals surface area contributed by atoms with Gasteiger partial charge >= 0.3 is 6.18 Å². The summed E-state index contributed by atoms with van der Waals surface area (Å²) in [5.74, 6) is 0. The van der Waals surface area contributed by atoms with Crippen molar-refractivity contribution in [2.24, 2.45) is 0 Å². The molecular weight excluding hydrogens is 301 g/mol. The first-order valence-electron chi connectivity index (χ1n) is 7.74. The van der Waals surface area contributed by atoms with E-state index >= 15 is 0 Å². The number of rotatable bonds is 3. The van der Waals surface area contributed by atoms with Crippen LogP contribution in [0.25, 0.3) is 11.1 Å². The first-order chi connectivity index (χ1) is 10.8. The molecule has 0 spiro atoms. The summed E-state index contributed by atoms with van der Waals surface area (Å²) >= 11 is 0. The van der Waals surface area contributed by atoms with Gasteiger partial charge in [-0.3, -0.25) is 0 Å². The molecule has 0 radical (unpaired) electrons. The summed E-state index contributed by atoms with van der Waals surface area (Å²) in [5.41, 5.74) is -0.0403. The number of aryl methyl sites for hydroxylation is 1. The Morgan fingerprint density at radius 2 is 1.22 bits per heavy atom. The van der Waals surface area contributed by atoms with E-state index in [2.05, 4.69) is 6.92 Å². The average molecular weight is 324 g/mol. The summed E-state index contributed by atoms with van der Waals surface area (Å²) in [6, 6.07) is 13.7. The highest BCUT2D eigenvalue weighted by molar-refractivity contribution is 5.64. The Balaban J connectivity index is 0.00000127. The summed E-state index contributed by atoms with van der Waals surface area (Å²) in [4.78, 5) is 0. The average Bonchev–Trinajstić information content (AvgIpc) is 2.56. The summed E-state index contributed by atoms with van der Waals surface area (Å²) in [5, 5.41) is 9.63. The fourth-order valence-corrected chi connectivity index (χ4v) is 2.08. The fraction of sp³-hybridized carbons (Fsp3) is 0.368.